The molecule has 0 fully saturated rings. The maximum Gasteiger partial charge on any atom is 0.358 e. The molecule has 0 aliphatic heterocycles. The van der Waals surface area contributed by atoms with Crippen molar-refractivity contribution in [2.75, 3.05) is 14.2 Å². The zero-order chi connectivity index (χ0) is 29.4. The van der Waals surface area contributed by atoms with Gasteiger partial charge in [0.2, 0.25) is 0 Å². The van der Waals surface area contributed by atoms with Crippen LogP contribution < -0.4 is 23.8 Å². The van der Waals surface area contributed by atoms with Crippen LogP contribution in [0, 0.1) is 20.8 Å². The van der Waals surface area contributed by atoms with Crippen LogP contribution in [0.1, 0.15) is 33.4 Å². The monoisotopic (exact) mass is 555 g/mol. The largest absolute Gasteiger partial charge is 0.497 e. The highest BCUT2D eigenvalue weighted by Crippen LogP contribution is 2.31. The number of benzene rings is 4. The number of hydrogen-bond donors (Lipinski definition) is 1. The van der Waals surface area contributed by atoms with Crippen molar-refractivity contribution in [1.82, 2.24) is 0 Å². The molecule has 212 valence electrons. The zero-order valence-corrected chi connectivity index (χ0v) is 23.8. The van der Waals surface area contributed by atoms with Gasteiger partial charge < -0.3 is 28.9 Å². The van der Waals surface area contributed by atoms with Gasteiger partial charge in [0.1, 0.15) is 24.7 Å². The number of aliphatic carboxylic acids is 1. The Hall–Kier alpha value is -4.98. The minimum absolute atomic E-state index is 0.226. The molecule has 0 bridgehead atoms. The quantitative estimate of drug-likeness (QED) is 0.154. The van der Waals surface area contributed by atoms with E-state index in [1.165, 1.54) is 0 Å². The first-order valence-corrected chi connectivity index (χ1v) is 13.0. The predicted molar refractivity (Wildman–Crippen MR) is 157 cm³/mol. The Morgan fingerprint density at radius 1 is 0.683 bits per heavy atom. The van der Waals surface area contributed by atoms with E-state index < -0.39 is 5.97 Å². The van der Waals surface area contributed by atoms with E-state index in [4.69, 9.17) is 23.8 Å². The molecule has 0 saturated heterocycles. The summed E-state index contributed by atoms with van der Waals surface area (Å²) in [7, 11) is 3.22. The normalized spacial score (nSPS) is 11.1. The number of hydrogen-bond acceptors (Lipinski definition) is 7. The Morgan fingerprint density at radius 3 is 1.76 bits per heavy atom. The summed E-state index contributed by atoms with van der Waals surface area (Å²) in [6.07, 6.45) is 0. The van der Waals surface area contributed by atoms with Gasteiger partial charge in [-0.1, -0.05) is 35.5 Å². The van der Waals surface area contributed by atoms with Crippen molar-refractivity contribution in [1.29, 1.82) is 0 Å². The van der Waals surface area contributed by atoms with Crippen LogP contribution in [-0.2, 0) is 18.0 Å². The molecule has 0 aliphatic rings. The number of aryl methyl sites for hydroxylation is 1. The fraction of sp³-hybridized carbons (Fsp3) is 0.212. The van der Waals surface area contributed by atoms with E-state index in [1.807, 2.05) is 75.4 Å². The lowest BCUT2D eigenvalue weighted by Gasteiger charge is -2.15. The van der Waals surface area contributed by atoms with Crippen molar-refractivity contribution < 1.29 is 33.7 Å². The summed E-state index contributed by atoms with van der Waals surface area (Å²) < 4.78 is 22.7. The van der Waals surface area contributed by atoms with Gasteiger partial charge >= 0.3 is 5.97 Å². The highest BCUT2D eigenvalue weighted by molar-refractivity contribution is 6.42. The average molecular weight is 556 g/mol. The Balaban J connectivity index is 1.62. The first-order valence-electron chi connectivity index (χ1n) is 13.0. The van der Waals surface area contributed by atoms with E-state index >= 15 is 0 Å². The molecule has 0 heterocycles. The molecule has 0 saturated carbocycles. The molecular formula is C33H33NO7. The van der Waals surface area contributed by atoms with Crippen LogP contribution in [0.4, 0.5) is 0 Å². The molecule has 4 aromatic rings. The molecule has 8 nitrogen and oxygen atoms in total. The molecule has 0 aromatic heterocycles. The fourth-order valence-electron chi connectivity index (χ4n) is 3.99. The molecule has 0 amide bonds. The third kappa shape index (κ3) is 7.36. The second-order valence-electron chi connectivity index (χ2n) is 9.40. The minimum Gasteiger partial charge on any atom is -0.497 e. The topological polar surface area (TPSA) is 95.8 Å². The predicted octanol–water partition coefficient (Wildman–Crippen LogP) is 6.65. The smallest absolute Gasteiger partial charge is 0.358 e. The molecule has 0 aliphatic carbocycles. The summed E-state index contributed by atoms with van der Waals surface area (Å²) in [6.45, 7) is 6.40. The second kappa shape index (κ2) is 13.4. The number of oxime groups is 1. The van der Waals surface area contributed by atoms with E-state index in [9.17, 15) is 9.90 Å². The molecule has 4 rings (SSSR count). The van der Waals surface area contributed by atoms with Crippen LogP contribution in [-0.4, -0.2) is 31.0 Å². The van der Waals surface area contributed by atoms with Crippen molar-refractivity contribution in [3.05, 3.63) is 112 Å². The first kappa shape index (κ1) is 29.0. The molecule has 0 atom stereocenters. The van der Waals surface area contributed by atoms with Crippen LogP contribution in [0.2, 0.25) is 0 Å². The Kier molecular flexibility index (Phi) is 9.47. The third-order valence-corrected chi connectivity index (χ3v) is 6.77. The summed E-state index contributed by atoms with van der Waals surface area (Å²) in [5.74, 6) is 1.56. The SMILES string of the molecule is COc1ccc(COc2ccc(/C(=N/Oc3ccc(C)c(C)c3C)C(=O)O)cc2OCc2ccc(OC)cc2)cc1. The summed E-state index contributed by atoms with van der Waals surface area (Å²) in [4.78, 5) is 17.8. The summed E-state index contributed by atoms with van der Waals surface area (Å²) in [5.41, 5.74) is 4.94. The van der Waals surface area contributed by atoms with Gasteiger partial charge in [-0.05, 0) is 97.1 Å². The molecule has 8 heteroatoms. The molecule has 4 aromatic carbocycles. The van der Waals surface area contributed by atoms with E-state index in [-0.39, 0.29) is 18.9 Å². The zero-order valence-electron chi connectivity index (χ0n) is 23.8. The highest BCUT2D eigenvalue weighted by atomic mass is 16.6. The van der Waals surface area contributed by atoms with Crippen LogP contribution in [0.25, 0.3) is 0 Å². The maximum absolute atomic E-state index is 12.2. The van der Waals surface area contributed by atoms with Gasteiger partial charge in [0.25, 0.3) is 0 Å². The number of carbonyl (C=O) groups is 1. The molecule has 41 heavy (non-hydrogen) atoms. The molecule has 0 spiro atoms. The third-order valence-electron chi connectivity index (χ3n) is 6.77. The van der Waals surface area contributed by atoms with Crippen molar-refractivity contribution in [2.45, 2.75) is 34.0 Å². The Labute approximate surface area is 239 Å². The number of carboxylic acid groups (broad SMARTS) is 1. The molecule has 0 radical (unpaired) electrons. The van der Waals surface area contributed by atoms with Gasteiger partial charge in [0.15, 0.2) is 23.0 Å². The van der Waals surface area contributed by atoms with Crippen molar-refractivity contribution in [3.63, 3.8) is 0 Å². The van der Waals surface area contributed by atoms with E-state index in [0.29, 0.717) is 22.8 Å². The summed E-state index contributed by atoms with van der Waals surface area (Å²) >= 11 is 0. The highest BCUT2D eigenvalue weighted by Gasteiger charge is 2.18. The lowest BCUT2D eigenvalue weighted by atomic mass is 10.0. The lowest BCUT2D eigenvalue weighted by molar-refractivity contribution is -0.129. The van der Waals surface area contributed by atoms with Crippen molar-refractivity contribution >= 4 is 11.7 Å². The van der Waals surface area contributed by atoms with Gasteiger partial charge in [-0.15, -0.1) is 0 Å². The van der Waals surface area contributed by atoms with Crippen molar-refractivity contribution in [2.24, 2.45) is 5.16 Å². The minimum atomic E-state index is -1.24. The standard InChI is InChI=1S/C33H33NO7/c1-21-6-16-29(23(3)22(21)2)41-34-32(33(35)36)26-11-17-30(39-19-24-7-12-27(37-4)13-8-24)31(18-26)40-20-25-9-14-28(38-5)15-10-25/h6-18H,19-20H2,1-5H3,(H,35,36)/b34-32-. The number of ether oxygens (including phenoxy) is 4. The van der Waals surface area contributed by atoms with Crippen LogP contribution in [0.15, 0.2) is 84.0 Å². The first-order chi connectivity index (χ1) is 19.8. The van der Waals surface area contributed by atoms with Crippen molar-refractivity contribution in [3.8, 4) is 28.7 Å². The van der Waals surface area contributed by atoms with Gasteiger partial charge in [-0.2, -0.15) is 0 Å². The Morgan fingerprint density at radius 2 is 1.22 bits per heavy atom. The number of carboxylic acids is 1. The molecule has 1 N–H and O–H groups in total. The fourth-order valence-corrected chi connectivity index (χ4v) is 3.99. The Bertz CT molecular complexity index is 1530. The van der Waals surface area contributed by atoms with E-state index in [0.717, 1.165) is 39.3 Å². The van der Waals surface area contributed by atoms with E-state index in [2.05, 4.69) is 5.16 Å². The van der Waals surface area contributed by atoms with Crippen LogP contribution in [0.3, 0.4) is 0 Å². The summed E-state index contributed by atoms with van der Waals surface area (Å²) in [5, 5.41) is 14.0. The number of methoxy groups -OCH3 is 2. The average Bonchev–Trinajstić information content (AvgIpc) is 2.99. The molecular weight excluding hydrogens is 522 g/mol. The number of rotatable bonds is 12. The number of nitrogens with zero attached hydrogens (tertiary/aromatic N) is 1. The molecule has 0 unspecified atom stereocenters. The van der Waals surface area contributed by atoms with Gasteiger partial charge in [-0.3, -0.25) is 0 Å². The van der Waals surface area contributed by atoms with Gasteiger partial charge in [-0.25, -0.2) is 4.79 Å². The van der Waals surface area contributed by atoms with Gasteiger partial charge in [0, 0.05) is 5.56 Å². The lowest BCUT2D eigenvalue weighted by Crippen LogP contribution is -2.16. The maximum atomic E-state index is 12.2. The van der Waals surface area contributed by atoms with E-state index in [1.54, 1.807) is 38.5 Å². The van der Waals surface area contributed by atoms with Gasteiger partial charge in [0.05, 0.1) is 14.2 Å². The summed E-state index contributed by atoms with van der Waals surface area (Å²) in [6, 6.07) is 23.6. The van der Waals surface area contributed by atoms with Crippen LogP contribution >= 0.6 is 0 Å². The van der Waals surface area contributed by atoms with Crippen LogP contribution in [0.5, 0.6) is 28.7 Å². The second-order valence-corrected chi connectivity index (χ2v) is 9.40.